The number of carbonyl (C=O) groups excluding carboxylic acids is 1. The molecule has 3 aromatic heterocycles. The number of amides is 1. The molecule has 2 aliphatic rings. The van der Waals surface area contributed by atoms with Gasteiger partial charge in [0.05, 0.1) is 16.6 Å². The molecule has 6 rings (SSSR count). The first kappa shape index (κ1) is 19.2. The van der Waals surface area contributed by atoms with Crippen LogP contribution in [-0.4, -0.2) is 32.8 Å². The van der Waals surface area contributed by atoms with Crippen molar-refractivity contribution in [3.8, 4) is 5.00 Å². The number of imidazole rings is 1. The summed E-state index contributed by atoms with van der Waals surface area (Å²) in [5.41, 5.74) is 4.58. The molecule has 1 aromatic carbocycles. The zero-order valence-electron chi connectivity index (χ0n) is 16.9. The third-order valence-electron chi connectivity index (χ3n) is 5.86. The van der Waals surface area contributed by atoms with E-state index in [9.17, 15) is 4.79 Å². The van der Waals surface area contributed by atoms with Crippen LogP contribution in [0.2, 0.25) is 0 Å². The standard InChI is InChI=1S/C23H22N4O2S2/c28-22(20-15-7-11-30-13-19(15)31-23(20)27-8-1-2-9-27)24-14-5-6-16-17(12-14)26-21(25-16)18-4-3-10-29-18/h1-2,5-6,8-9,12,18H,3-4,7,10-11,13H2,(H,24,28)(H,25,26). The van der Waals surface area contributed by atoms with Gasteiger partial charge in [0, 0.05) is 35.3 Å². The molecule has 4 aromatic rings. The molecule has 0 spiro atoms. The van der Waals surface area contributed by atoms with E-state index in [0.717, 1.165) is 70.5 Å². The zero-order chi connectivity index (χ0) is 20.8. The van der Waals surface area contributed by atoms with Crippen LogP contribution in [-0.2, 0) is 16.9 Å². The highest BCUT2D eigenvalue weighted by molar-refractivity contribution is 7.98. The van der Waals surface area contributed by atoms with Crippen LogP contribution in [0, 0.1) is 0 Å². The fourth-order valence-corrected chi connectivity index (χ4v) is 6.79. The van der Waals surface area contributed by atoms with Crippen LogP contribution in [0.25, 0.3) is 16.0 Å². The Morgan fingerprint density at radius 2 is 2.19 bits per heavy atom. The summed E-state index contributed by atoms with van der Waals surface area (Å²) >= 11 is 3.66. The number of rotatable bonds is 4. The van der Waals surface area contributed by atoms with Crippen LogP contribution in [0.5, 0.6) is 0 Å². The lowest BCUT2D eigenvalue weighted by Crippen LogP contribution is -2.16. The molecule has 2 aliphatic heterocycles. The van der Waals surface area contributed by atoms with Crippen molar-refractivity contribution in [3.05, 3.63) is 64.6 Å². The van der Waals surface area contributed by atoms with Gasteiger partial charge in [-0.2, -0.15) is 11.8 Å². The molecule has 31 heavy (non-hydrogen) atoms. The van der Waals surface area contributed by atoms with E-state index in [-0.39, 0.29) is 12.0 Å². The lowest BCUT2D eigenvalue weighted by Gasteiger charge is -2.13. The Bertz CT molecular complexity index is 1250. The minimum Gasteiger partial charge on any atom is -0.370 e. The van der Waals surface area contributed by atoms with E-state index >= 15 is 0 Å². The van der Waals surface area contributed by atoms with Crippen molar-refractivity contribution in [1.82, 2.24) is 14.5 Å². The molecule has 2 N–H and O–H groups in total. The normalized spacial score (nSPS) is 18.4. The minimum atomic E-state index is -0.0497. The predicted molar refractivity (Wildman–Crippen MR) is 125 cm³/mol. The predicted octanol–water partition coefficient (Wildman–Crippen LogP) is 5.31. The Labute approximate surface area is 188 Å². The maximum Gasteiger partial charge on any atom is 0.258 e. The number of aromatic amines is 1. The van der Waals surface area contributed by atoms with Crippen molar-refractivity contribution in [2.24, 2.45) is 0 Å². The van der Waals surface area contributed by atoms with Crippen LogP contribution < -0.4 is 5.32 Å². The quantitative estimate of drug-likeness (QED) is 0.442. The van der Waals surface area contributed by atoms with Crippen LogP contribution in [0.15, 0.2) is 42.7 Å². The molecule has 0 saturated carbocycles. The van der Waals surface area contributed by atoms with Crippen LogP contribution >= 0.6 is 23.1 Å². The molecule has 0 aliphatic carbocycles. The van der Waals surface area contributed by atoms with E-state index in [2.05, 4.69) is 19.9 Å². The molecule has 1 saturated heterocycles. The summed E-state index contributed by atoms with van der Waals surface area (Å²) in [5, 5.41) is 4.13. The van der Waals surface area contributed by atoms with E-state index in [1.807, 2.05) is 54.5 Å². The van der Waals surface area contributed by atoms with Gasteiger partial charge in [-0.25, -0.2) is 4.98 Å². The maximum absolute atomic E-state index is 13.4. The summed E-state index contributed by atoms with van der Waals surface area (Å²) in [6, 6.07) is 9.82. The van der Waals surface area contributed by atoms with E-state index in [1.54, 1.807) is 11.3 Å². The van der Waals surface area contributed by atoms with E-state index in [1.165, 1.54) is 10.4 Å². The summed E-state index contributed by atoms with van der Waals surface area (Å²) < 4.78 is 7.80. The number of nitrogens with zero attached hydrogens (tertiary/aromatic N) is 2. The van der Waals surface area contributed by atoms with Crippen molar-refractivity contribution in [3.63, 3.8) is 0 Å². The fraction of sp³-hybridized carbons (Fsp3) is 0.304. The van der Waals surface area contributed by atoms with Gasteiger partial charge < -0.3 is 19.6 Å². The first-order valence-electron chi connectivity index (χ1n) is 10.5. The summed E-state index contributed by atoms with van der Waals surface area (Å²) in [5.74, 6) is 2.86. The number of H-pyrrole nitrogens is 1. The molecule has 8 heteroatoms. The number of hydrogen-bond acceptors (Lipinski definition) is 5. The maximum atomic E-state index is 13.4. The molecule has 5 heterocycles. The number of nitrogens with one attached hydrogen (secondary N) is 2. The molecule has 1 fully saturated rings. The summed E-state index contributed by atoms with van der Waals surface area (Å²) in [7, 11) is 0. The molecule has 1 atom stereocenters. The number of aromatic nitrogens is 3. The number of benzene rings is 1. The number of anilines is 1. The molecule has 1 unspecified atom stereocenters. The fourth-order valence-electron chi connectivity index (χ4n) is 4.35. The Balaban J connectivity index is 1.33. The highest BCUT2D eigenvalue weighted by Gasteiger charge is 2.27. The number of thiophene rings is 1. The topological polar surface area (TPSA) is 71.9 Å². The number of hydrogen-bond donors (Lipinski definition) is 2. The number of fused-ring (bicyclic) bond motifs is 2. The highest BCUT2D eigenvalue weighted by atomic mass is 32.2. The zero-order valence-corrected chi connectivity index (χ0v) is 18.5. The number of ether oxygens (including phenoxy) is 1. The third-order valence-corrected chi connectivity index (χ3v) is 8.27. The first-order chi connectivity index (χ1) is 15.3. The van der Waals surface area contributed by atoms with Gasteiger partial charge in [0.15, 0.2) is 0 Å². The van der Waals surface area contributed by atoms with E-state index < -0.39 is 0 Å². The molecule has 0 bridgehead atoms. The molecule has 6 nitrogen and oxygen atoms in total. The second-order valence-corrected chi connectivity index (χ2v) is 10.1. The minimum absolute atomic E-state index is 0.0461. The Kier molecular flexibility index (Phi) is 4.85. The van der Waals surface area contributed by atoms with Gasteiger partial charge in [0.1, 0.15) is 16.9 Å². The van der Waals surface area contributed by atoms with E-state index in [0.29, 0.717) is 0 Å². The smallest absolute Gasteiger partial charge is 0.258 e. The lowest BCUT2D eigenvalue weighted by atomic mass is 10.1. The van der Waals surface area contributed by atoms with Gasteiger partial charge in [-0.3, -0.25) is 4.79 Å². The van der Waals surface area contributed by atoms with Crippen molar-refractivity contribution >= 4 is 45.7 Å². The van der Waals surface area contributed by atoms with Crippen molar-refractivity contribution in [2.75, 3.05) is 17.7 Å². The molecule has 1 amide bonds. The van der Waals surface area contributed by atoms with Crippen LogP contribution in [0.4, 0.5) is 5.69 Å². The van der Waals surface area contributed by atoms with Gasteiger partial charge in [0.2, 0.25) is 0 Å². The van der Waals surface area contributed by atoms with Gasteiger partial charge in [-0.05, 0) is 60.9 Å². The van der Waals surface area contributed by atoms with Gasteiger partial charge in [-0.15, -0.1) is 11.3 Å². The van der Waals surface area contributed by atoms with Crippen LogP contribution in [0.3, 0.4) is 0 Å². The highest BCUT2D eigenvalue weighted by Crippen LogP contribution is 2.39. The first-order valence-corrected chi connectivity index (χ1v) is 12.5. The van der Waals surface area contributed by atoms with E-state index in [4.69, 9.17) is 4.74 Å². The molecular formula is C23H22N4O2S2. The Morgan fingerprint density at radius 1 is 1.29 bits per heavy atom. The average Bonchev–Trinajstić information content (AvgIpc) is 3.58. The summed E-state index contributed by atoms with van der Waals surface area (Å²) in [6.45, 7) is 0.788. The molecule has 158 valence electrons. The Morgan fingerprint density at radius 3 is 3.03 bits per heavy atom. The monoisotopic (exact) mass is 450 g/mol. The number of thioether (sulfide) groups is 1. The second-order valence-electron chi connectivity index (χ2n) is 7.89. The molecular weight excluding hydrogens is 428 g/mol. The SMILES string of the molecule is O=C(Nc1ccc2nc(C3CCCO3)[nH]c2c1)c1c(-n2cccc2)sc2c1CCSC2. The Hall–Kier alpha value is -2.55. The van der Waals surface area contributed by atoms with Gasteiger partial charge in [-0.1, -0.05) is 0 Å². The summed E-state index contributed by atoms with van der Waals surface area (Å²) in [4.78, 5) is 22.8. The largest absolute Gasteiger partial charge is 0.370 e. The van der Waals surface area contributed by atoms with Crippen molar-refractivity contribution in [1.29, 1.82) is 0 Å². The van der Waals surface area contributed by atoms with Crippen molar-refractivity contribution in [2.45, 2.75) is 31.1 Å². The number of carbonyl (C=O) groups is 1. The van der Waals surface area contributed by atoms with Gasteiger partial charge >= 0.3 is 0 Å². The van der Waals surface area contributed by atoms with Crippen LogP contribution in [0.1, 0.15) is 45.6 Å². The second kappa shape index (κ2) is 7.85. The van der Waals surface area contributed by atoms with Gasteiger partial charge in [0.25, 0.3) is 5.91 Å². The summed E-state index contributed by atoms with van der Waals surface area (Å²) in [6.07, 6.45) is 7.05. The molecule has 0 radical (unpaired) electrons. The third kappa shape index (κ3) is 3.48. The lowest BCUT2D eigenvalue weighted by molar-refractivity contribution is 0.102. The van der Waals surface area contributed by atoms with Crippen molar-refractivity contribution < 1.29 is 9.53 Å². The average molecular weight is 451 g/mol.